The van der Waals surface area contributed by atoms with Gasteiger partial charge >= 0.3 is 19.8 Å². The fraction of sp³-hybridized carbons (Fsp3) is 0.818. The lowest BCUT2D eigenvalue weighted by Crippen LogP contribution is -2.30. The third kappa shape index (κ3) is 38.1. The van der Waals surface area contributed by atoms with Crippen LogP contribution in [0.2, 0.25) is 0 Å². The van der Waals surface area contributed by atoms with Crippen LogP contribution in [-0.4, -0.2) is 88.1 Å². The lowest BCUT2D eigenvalue weighted by molar-refractivity contribution is -0.161. The minimum absolute atomic E-state index is 0.128. The van der Waals surface area contributed by atoms with Gasteiger partial charge in [-0.2, -0.15) is 0 Å². The van der Waals surface area contributed by atoms with E-state index in [0.717, 1.165) is 38.5 Å². The zero-order valence-electron chi connectivity index (χ0n) is 35.5. The molecule has 0 aliphatic heterocycles. The quantitative estimate of drug-likeness (QED) is 0.0170. The number of phosphoric ester groups is 1. The first kappa shape index (κ1) is 55.1. The summed E-state index contributed by atoms with van der Waals surface area (Å²) < 4.78 is 32.5. The molecule has 0 aliphatic rings. The highest BCUT2D eigenvalue weighted by Gasteiger charge is 2.27. The summed E-state index contributed by atoms with van der Waals surface area (Å²) in [6.45, 7) is 2.03. The van der Waals surface area contributed by atoms with Crippen LogP contribution in [0.4, 0.5) is 0 Å². The first-order chi connectivity index (χ1) is 27.5. The lowest BCUT2D eigenvalue weighted by atomic mass is 10.0. The van der Waals surface area contributed by atoms with E-state index in [0.29, 0.717) is 6.42 Å². The van der Waals surface area contributed by atoms with E-state index in [9.17, 15) is 34.4 Å². The Morgan fingerprint density at radius 1 is 0.579 bits per heavy atom. The average molecular weight is 833 g/mol. The van der Waals surface area contributed by atoms with Crippen molar-refractivity contribution in [2.24, 2.45) is 0 Å². The number of carbonyl (C=O) groups excluding carboxylic acids is 2. The van der Waals surface area contributed by atoms with Crippen molar-refractivity contribution in [3.05, 3.63) is 36.5 Å². The summed E-state index contributed by atoms with van der Waals surface area (Å²) in [5, 5.41) is 39.0. The van der Waals surface area contributed by atoms with Gasteiger partial charge in [-0.15, -0.1) is 0 Å². The maximum atomic E-state index is 12.6. The molecule has 0 rings (SSSR count). The van der Waals surface area contributed by atoms with Crippen molar-refractivity contribution in [2.75, 3.05) is 26.4 Å². The molecule has 0 saturated carbocycles. The average Bonchev–Trinajstić information content (AvgIpc) is 3.19. The Bertz CT molecular complexity index is 1080. The Morgan fingerprint density at radius 3 is 1.65 bits per heavy atom. The topological polar surface area (TPSA) is 189 Å². The van der Waals surface area contributed by atoms with E-state index in [1.54, 1.807) is 0 Å². The molecule has 57 heavy (non-hydrogen) atoms. The van der Waals surface area contributed by atoms with Gasteiger partial charge in [0.25, 0.3) is 0 Å². The predicted octanol–water partition coefficient (Wildman–Crippen LogP) is 9.50. The second kappa shape index (κ2) is 39.6. The fourth-order valence-corrected chi connectivity index (χ4v) is 6.71. The van der Waals surface area contributed by atoms with Crippen LogP contribution in [0.5, 0.6) is 0 Å². The Labute approximate surface area is 345 Å². The zero-order valence-corrected chi connectivity index (χ0v) is 36.4. The number of hydrogen-bond donors (Lipinski definition) is 5. The number of ether oxygens (including phenoxy) is 2. The number of esters is 2. The van der Waals surface area contributed by atoms with Crippen LogP contribution in [0.15, 0.2) is 36.5 Å². The van der Waals surface area contributed by atoms with E-state index >= 15 is 0 Å². The Kier molecular flexibility index (Phi) is 38.3. The molecule has 0 saturated heterocycles. The molecule has 0 radical (unpaired) electrons. The van der Waals surface area contributed by atoms with Gasteiger partial charge < -0.3 is 34.8 Å². The number of rotatable bonds is 41. The second-order valence-electron chi connectivity index (χ2n) is 15.0. The molecular weight excluding hydrogens is 751 g/mol. The monoisotopic (exact) mass is 833 g/mol. The molecule has 5 N–H and O–H groups in total. The molecule has 0 spiro atoms. The molecule has 3 unspecified atom stereocenters. The van der Waals surface area contributed by atoms with Gasteiger partial charge in [-0.3, -0.25) is 18.6 Å². The summed E-state index contributed by atoms with van der Waals surface area (Å²) in [7, 11) is -4.70. The number of carbonyl (C=O) groups is 2. The second-order valence-corrected chi connectivity index (χ2v) is 16.5. The van der Waals surface area contributed by atoms with Crippen molar-refractivity contribution >= 4 is 19.8 Å². The lowest BCUT2D eigenvalue weighted by Gasteiger charge is -2.20. The van der Waals surface area contributed by atoms with Crippen molar-refractivity contribution in [3.8, 4) is 0 Å². The first-order valence-corrected chi connectivity index (χ1v) is 23.6. The van der Waals surface area contributed by atoms with E-state index in [1.807, 2.05) is 12.2 Å². The largest absolute Gasteiger partial charge is 0.472 e. The van der Waals surface area contributed by atoms with E-state index < -0.39 is 70.6 Å². The summed E-state index contributed by atoms with van der Waals surface area (Å²) in [5.74, 6) is -1.21. The Morgan fingerprint density at radius 2 is 1.07 bits per heavy atom. The highest BCUT2D eigenvalue weighted by molar-refractivity contribution is 7.47. The van der Waals surface area contributed by atoms with Gasteiger partial charge in [-0.25, -0.2) is 4.57 Å². The summed E-state index contributed by atoms with van der Waals surface area (Å²) in [4.78, 5) is 35.0. The van der Waals surface area contributed by atoms with Gasteiger partial charge in [-0.1, -0.05) is 153 Å². The maximum Gasteiger partial charge on any atom is 0.472 e. The smallest absolute Gasteiger partial charge is 0.462 e. The minimum atomic E-state index is -4.70. The van der Waals surface area contributed by atoms with Gasteiger partial charge in [-0.05, 0) is 51.4 Å². The Hall–Kier alpha value is -1.89. The van der Waals surface area contributed by atoms with E-state index in [1.165, 1.54) is 89.9 Å². The first-order valence-electron chi connectivity index (χ1n) is 22.1. The standard InChI is InChI=1S/C44H81O12P/c1-3-5-7-9-11-13-15-17-18-19-21-23-25-27-29-33-43(49)53-37-40(38-55-57(51,52)54-36-39(46)35-45)56-44(50)34-30-32-42(48)41(47)31-28-26-24-22-20-16-14-12-10-8-6-4-2/h12,14,20,22,26,28,39-42,45-48H,3-11,13,15-19,21,23-25,27,29-38H2,1-2H3,(H,51,52)/b14-12-,22-20-,28-26-/t39-,40+,41?,42?/m0/s1. The van der Waals surface area contributed by atoms with Crippen LogP contribution in [-0.2, 0) is 32.7 Å². The summed E-state index contributed by atoms with van der Waals surface area (Å²) >= 11 is 0. The molecule has 0 bridgehead atoms. The van der Waals surface area contributed by atoms with E-state index in [-0.39, 0.29) is 32.1 Å². The number of unbranched alkanes of at least 4 members (excludes halogenated alkanes) is 17. The third-order valence-corrected chi connectivity index (χ3v) is 10.4. The van der Waals surface area contributed by atoms with Crippen LogP contribution >= 0.6 is 7.82 Å². The van der Waals surface area contributed by atoms with Gasteiger partial charge in [0.15, 0.2) is 6.10 Å². The molecule has 0 fully saturated rings. The van der Waals surface area contributed by atoms with E-state index in [4.69, 9.17) is 19.1 Å². The molecule has 5 atom stereocenters. The molecule has 0 aromatic heterocycles. The van der Waals surface area contributed by atoms with Crippen molar-refractivity contribution < 1.29 is 58.0 Å². The molecule has 0 aliphatic carbocycles. The summed E-state index contributed by atoms with van der Waals surface area (Å²) in [6, 6.07) is 0. The highest BCUT2D eigenvalue weighted by Crippen LogP contribution is 2.43. The van der Waals surface area contributed by atoms with Gasteiger partial charge in [0.05, 0.1) is 32.0 Å². The summed E-state index contributed by atoms with van der Waals surface area (Å²) in [5.41, 5.74) is 0. The van der Waals surface area contributed by atoms with Crippen LogP contribution < -0.4 is 0 Å². The molecule has 13 heteroatoms. The number of aliphatic hydroxyl groups excluding tert-OH is 4. The molecule has 334 valence electrons. The van der Waals surface area contributed by atoms with Crippen LogP contribution in [0.1, 0.15) is 181 Å². The molecule has 12 nitrogen and oxygen atoms in total. The van der Waals surface area contributed by atoms with Crippen LogP contribution in [0.25, 0.3) is 0 Å². The molecule has 0 aromatic rings. The number of allylic oxidation sites excluding steroid dienone is 5. The highest BCUT2D eigenvalue weighted by atomic mass is 31.2. The molecule has 0 amide bonds. The van der Waals surface area contributed by atoms with Crippen molar-refractivity contribution in [1.82, 2.24) is 0 Å². The number of aliphatic hydroxyl groups is 4. The summed E-state index contributed by atoms with van der Waals surface area (Å²) in [6.07, 6.45) is 32.7. The van der Waals surface area contributed by atoms with Gasteiger partial charge in [0, 0.05) is 12.8 Å². The van der Waals surface area contributed by atoms with Crippen molar-refractivity contribution in [3.63, 3.8) is 0 Å². The molecule has 0 aromatic carbocycles. The Balaban J connectivity index is 4.53. The zero-order chi connectivity index (χ0) is 42.2. The number of phosphoric acid groups is 1. The van der Waals surface area contributed by atoms with Gasteiger partial charge in [0.2, 0.25) is 0 Å². The normalized spacial score (nSPS) is 15.3. The molecular formula is C44H81O12P. The van der Waals surface area contributed by atoms with E-state index in [2.05, 4.69) is 42.7 Å². The number of hydrogen-bond acceptors (Lipinski definition) is 11. The predicted molar refractivity (Wildman–Crippen MR) is 226 cm³/mol. The van der Waals surface area contributed by atoms with Crippen LogP contribution in [0, 0.1) is 0 Å². The van der Waals surface area contributed by atoms with Gasteiger partial charge in [0.1, 0.15) is 12.7 Å². The van der Waals surface area contributed by atoms with Crippen LogP contribution in [0.3, 0.4) is 0 Å². The SMILES string of the molecule is CCCCC/C=C\C/C=C\C/C=C\CC(O)C(O)CCCC(=O)O[C@H](COC(=O)CCCCCCCCCCCCCCCCC)COP(=O)(O)OC[C@@H](O)CO. The molecule has 0 heterocycles. The third-order valence-electron chi connectivity index (χ3n) is 9.50. The minimum Gasteiger partial charge on any atom is -0.462 e. The van der Waals surface area contributed by atoms with Crippen molar-refractivity contribution in [1.29, 1.82) is 0 Å². The maximum absolute atomic E-state index is 12.6. The van der Waals surface area contributed by atoms with Crippen molar-refractivity contribution in [2.45, 2.75) is 205 Å². The fourth-order valence-electron chi connectivity index (χ4n) is 5.92.